The highest BCUT2D eigenvalue weighted by Gasteiger charge is 2.40. The Kier molecular flexibility index (Phi) is 14.1. The van der Waals surface area contributed by atoms with Crippen molar-refractivity contribution in [1.82, 2.24) is 5.32 Å². The Bertz CT molecular complexity index is 387. The number of carbonyl (C=O) groups is 2. The number of alkyl halides is 3. The molecule has 1 unspecified atom stereocenters. The van der Waals surface area contributed by atoms with E-state index in [1.807, 2.05) is 0 Å². The van der Waals surface area contributed by atoms with E-state index >= 15 is 0 Å². The average molecular weight is 381 g/mol. The molecule has 154 valence electrons. The van der Waals surface area contributed by atoms with Crippen LogP contribution in [-0.4, -0.2) is 30.7 Å². The van der Waals surface area contributed by atoms with Gasteiger partial charge in [0.2, 0.25) is 0 Å². The predicted octanol–water partition coefficient (Wildman–Crippen LogP) is 5.30. The van der Waals surface area contributed by atoms with Crippen LogP contribution < -0.4 is 5.32 Å². The van der Waals surface area contributed by atoms with Crippen molar-refractivity contribution in [3.05, 3.63) is 0 Å². The lowest BCUT2D eigenvalue weighted by Gasteiger charge is -2.17. The first-order valence-electron chi connectivity index (χ1n) is 9.87. The molecule has 0 heterocycles. The van der Waals surface area contributed by atoms with Crippen molar-refractivity contribution in [3.63, 3.8) is 0 Å². The number of rotatable bonds is 15. The molecule has 0 fully saturated rings. The van der Waals surface area contributed by atoms with Gasteiger partial charge in [0.05, 0.1) is 6.61 Å². The van der Waals surface area contributed by atoms with Crippen molar-refractivity contribution < 1.29 is 27.5 Å². The first-order chi connectivity index (χ1) is 12.3. The minimum atomic E-state index is -5.00. The van der Waals surface area contributed by atoms with Crippen LogP contribution >= 0.6 is 0 Å². The maximum atomic E-state index is 12.3. The molecule has 0 spiro atoms. The molecule has 1 amide bonds. The Morgan fingerprint density at radius 3 is 1.81 bits per heavy atom. The number of hydrogen-bond donors (Lipinski definition) is 1. The van der Waals surface area contributed by atoms with Crippen LogP contribution in [0.15, 0.2) is 0 Å². The number of hydrogen-bond acceptors (Lipinski definition) is 3. The zero-order chi connectivity index (χ0) is 19.8. The topological polar surface area (TPSA) is 55.4 Å². The minimum absolute atomic E-state index is 0.124. The van der Waals surface area contributed by atoms with Crippen LogP contribution in [0, 0.1) is 0 Å². The number of amides is 1. The van der Waals surface area contributed by atoms with Gasteiger partial charge in [-0.05, 0) is 12.8 Å². The first-order valence-corrected chi connectivity index (χ1v) is 9.87. The lowest BCUT2D eigenvalue weighted by atomic mass is 10.1. The third kappa shape index (κ3) is 13.0. The highest BCUT2D eigenvalue weighted by molar-refractivity contribution is 5.87. The summed E-state index contributed by atoms with van der Waals surface area (Å²) in [6, 6.07) is -1.24. The maximum absolute atomic E-state index is 12.3. The lowest BCUT2D eigenvalue weighted by Crippen LogP contribution is -2.47. The van der Waals surface area contributed by atoms with Gasteiger partial charge in [0.15, 0.2) is 0 Å². The summed E-state index contributed by atoms with van der Waals surface area (Å²) in [5, 5.41) is 1.71. The fourth-order valence-electron chi connectivity index (χ4n) is 2.64. The summed E-state index contributed by atoms with van der Waals surface area (Å²) >= 11 is 0. The summed E-state index contributed by atoms with van der Waals surface area (Å²) in [4.78, 5) is 22.8. The van der Waals surface area contributed by atoms with Crippen molar-refractivity contribution >= 4 is 11.9 Å². The van der Waals surface area contributed by atoms with E-state index in [0.717, 1.165) is 19.3 Å². The number of esters is 1. The number of nitrogens with one attached hydrogen (secondary N) is 1. The number of ether oxygens (including phenoxy) is 1. The smallest absolute Gasteiger partial charge is 0.464 e. The molecule has 0 aromatic heterocycles. The Hall–Kier alpha value is -1.27. The number of unbranched alkanes of at least 4 members (excludes halogenated alkanes) is 9. The van der Waals surface area contributed by atoms with Crippen LogP contribution in [-0.2, 0) is 14.3 Å². The Morgan fingerprint density at radius 1 is 0.846 bits per heavy atom. The Balaban J connectivity index is 3.81. The monoisotopic (exact) mass is 381 g/mol. The van der Waals surface area contributed by atoms with Crippen molar-refractivity contribution in [3.8, 4) is 0 Å². The van der Waals surface area contributed by atoms with Gasteiger partial charge in [-0.25, -0.2) is 4.79 Å². The van der Waals surface area contributed by atoms with E-state index in [1.165, 1.54) is 38.5 Å². The maximum Gasteiger partial charge on any atom is 0.471 e. The third-order valence-electron chi connectivity index (χ3n) is 4.17. The molecular weight excluding hydrogens is 347 g/mol. The fraction of sp³-hybridized carbons (Fsp3) is 0.895. The largest absolute Gasteiger partial charge is 0.471 e. The van der Waals surface area contributed by atoms with Crippen molar-refractivity contribution in [2.24, 2.45) is 0 Å². The van der Waals surface area contributed by atoms with Crippen LogP contribution in [0.1, 0.15) is 90.9 Å². The average Bonchev–Trinajstić information content (AvgIpc) is 2.58. The van der Waals surface area contributed by atoms with E-state index < -0.39 is 24.1 Å². The van der Waals surface area contributed by atoms with Gasteiger partial charge in [0.25, 0.3) is 0 Å². The zero-order valence-corrected chi connectivity index (χ0v) is 16.1. The van der Waals surface area contributed by atoms with Gasteiger partial charge in [-0.1, -0.05) is 78.1 Å². The van der Waals surface area contributed by atoms with E-state index in [0.29, 0.717) is 12.8 Å². The summed E-state index contributed by atoms with van der Waals surface area (Å²) in [6.07, 6.45) is 7.03. The van der Waals surface area contributed by atoms with Gasteiger partial charge < -0.3 is 10.1 Å². The molecular formula is C19H34F3NO3. The molecule has 0 radical (unpaired) electrons. The number of carbonyl (C=O) groups excluding carboxylic acids is 2. The first kappa shape index (κ1) is 24.7. The molecule has 7 heteroatoms. The molecule has 0 saturated heterocycles. The predicted molar refractivity (Wildman–Crippen MR) is 95.7 cm³/mol. The van der Waals surface area contributed by atoms with Crippen LogP contribution in [0.5, 0.6) is 0 Å². The summed E-state index contributed by atoms with van der Waals surface area (Å²) in [7, 11) is 0. The molecule has 1 N–H and O–H groups in total. The Labute approximate surface area is 155 Å². The lowest BCUT2D eigenvalue weighted by molar-refractivity contribution is -0.176. The molecule has 0 bridgehead atoms. The second-order valence-corrected chi connectivity index (χ2v) is 6.66. The molecule has 26 heavy (non-hydrogen) atoms. The molecule has 4 nitrogen and oxygen atoms in total. The SMILES string of the molecule is CCCCCCCCCCCCOC(=O)C(CCC)NC(=O)C(F)(F)F. The molecule has 0 aromatic carbocycles. The van der Waals surface area contributed by atoms with Crippen molar-refractivity contribution in [2.45, 2.75) is 103 Å². The van der Waals surface area contributed by atoms with Crippen LogP contribution in [0.4, 0.5) is 13.2 Å². The van der Waals surface area contributed by atoms with E-state index in [4.69, 9.17) is 4.74 Å². The highest BCUT2D eigenvalue weighted by Crippen LogP contribution is 2.15. The molecule has 0 aliphatic carbocycles. The normalized spacial score (nSPS) is 12.7. The highest BCUT2D eigenvalue weighted by atomic mass is 19.4. The van der Waals surface area contributed by atoms with Crippen LogP contribution in [0.2, 0.25) is 0 Å². The van der Waals surface area contributed by atoms with Crippen LogP contribution in [0.3, 0.4) is 0 Å². The third-order valence-corrected chi connectivity index (χ3v) is 4.17. The van der Waals surface area contributed by atoms with Gasteiger partial charge in [-0.3, -0.25) is 4.79 Å². The molecule has 0 aromatic rings. The summed E-state index contributed by atoms with van der Waals surface area (Å²) in [5.41, 5.74) is 0. The van der Waals surface area contributed by atoms with E-state index in [1.54, 1.807) is 12.2 Å². The summed E-state index contributed by atoms with van der Waals surface area (Å²) < 4.78 is 41.9. The van der Waals surface area contributed by atoms with E-state index in [-0.39, 0.29) is 13.0 Å². The molecule has 0 saturated carbocycles. The standard InChI is InChI=1S/C19H34F3NO3/c1-3-5-6-7-8-9-10-11-12-13-15-26-17(24)16(14-4-2)23-18(25)19(20,21)22/h16H,3-15H2,1-2H3,(H,23,25). The van der Waals surface area contributed by atoms with Gasteiger partial charge in [0.1, 0.15) is 6.04 Å². The minimum Gasteiger partial charge on any atom is -0.464 e. The molecule has 0 aliphatic rings. The molecule has 0 rings (SSSR count). The van der Waals surface area contributed by atoms with E-state index in [2.05, 4.69) is 6.92 Å². The van der Waals surface area contributed by atoms with Gasteiger partial charge >= 0.3 is 18.1 Å². The van der Waals surface area contributed by atoms with Gasteiger partial charge in [-0.15, -0.1) is 0 Å². The zero-order valence-electron chi connectivity index (χ0n) is 16.1. The number of halogens is 3. The van der Waals surface area contributed by atoms with Crippen molar-refractivity contribution in [2.75, 3.05) is 6.61 Å². The quantitative estimate of drug-likeness (QED) is 0.309. The molecule has 1 atom stereocenters. The van der Waals surface area contributed by atoms with Crippen molar-refractivity contribution in [1.29, 1.82) is 0 Å². The second kappa shape index (κ2) is 14.9. The fourth-order valence-corrected chi connectivity index (χ4v) is 2.64. The van der Waals surface area contributed by atoms with E-state index in [9.17, 15) is 22.8 Å². The van der Waals surface area contributed by atoms with Gasteiger partial charge in [0, 0.05) is 0 Å². The van der Waals surface area contributed by atoms with Crippen LogP contribution in [0.25, 0.3) is 0 Å². The molecule has 0 aliphatic heterocycles. The van der Waals surface area contributed by atoms with Gasteiger partial charge in [-0.2, -0.15) is 13.2 Å². The summed E-state index contributed by atoms with van der Waals surface area (Å²) in [6.45, 7) is 4.10. The Morgan fingerprint density at radius 2 is 1.35 bits per heavy atom. The second-order valence-electron chi connectivity index (χ2n) is 6.66. The summed E-state index contributed by atoms with van der Waals surface area (Å²) in [5.74, 6) is -2.90.